The third-order valence-electron chi connectivity index (χ3n) is 2.71. The maximum Gasteiger partial charge on any atom is 0.133 e. The van der Waals surface area contributed by atoms with Gasteiger partial charge in [-0.15, -0.1) is 0 Å². The lowest BCUT2D eigenvalue weighted by Crippen LogP contribution is -2.13. The summed E-state index contributed by atoms with van der Waals surface area (Å²) in [6.07, 6.45) is 2.27. The van der Waals surface area contributed by atoms with Gasteiger partial charge in [0.25, 0.3) is 0 Å². The Balaban J connectivity index is 1.84. The number of rotatable bonds is 13. The Morgan fingerprint density at radius 2 is 1.38 bits per heavy atom. The van der Waals surface area contributed by atoms with Crippen LogP contribution in [0.1, 0.15) is 19.8 Å². The number of ether oxygens (including phenoxy) is 4. The van der Waals surface area contributed by atoms with Crippen LogP contribution in [-0.2, 0) is 14.2 Å². The molecule has 0 saturated carbocycles. The van der Waals surface area contributed by atoms with E-state index in [9.17, 15) is 0 Å². The van der Waals surface area contributed by atoms with Gasteiger partial charge < -0.3 is 18.9 Å². The van der Waals surface area contributed by atoms with E-state index in [1.807, 2.05) is 24.3 Å². The smallest absolute Gasteiger partial charge is 0.133 e. The van der Waals surface area contributed by atoms with Gasteiger partial charge in [0, 0.05) is 6.61 Å². The summed E-state index contributed by atoms with van der Waals surface area (Å²) < 4.78 is 22.8. The SMILES string of the molecule is CCCCOCCOCCOCCOc1ccccc1Br. The van der Waals surface area contributed by atoms with E-state index in [0.29, 0.717) is 39.6 Å². The minimum atomic E-state index is 0.530. The Morgan fingerprint density at radius 1 is 0.810 bits per heavy atom. The van der Waals surface area contributed by atoms with Crippen molar-refractivity contribution in [1.29, 1.82) is 0 Å². The second kappa shape index (κ2) is 13.1. The molecule has 1 aromatic carbocycles. The quantitative estimate of drug-likeness (QED) is 0.503. The molecule has 0 aromatic heterocycles. The van der Waals surface area contributed by atoms with Gasteiger partial charge in [-0.3, -0.25) is 0 Å². The Kier molecular flexibility index (Phi) is 11.5. The summed E-state index contributed by atoms with van der Waals surface area (Å²) in [4.78, 5) is 0. The van der Waals surface area contributed by atoms with Gasteiger partial charge in [0.15, 0.2) is 0 Å². The average molecular weight is 361 g/mol. The van der Waals surface area contributed by atoms with Crippen LogP contribution in [0.5, 0.6) is 5.75 Å². The summed E-state index contributed by atoms with van der Waals surface area (Å²) in [6, 6.07) is 7.77. The van der Waals surface area contributed by atoms with Gasteiger partial charge in [-0.05, 0) is 34.5 Å². The fourth-order valence-corrected chi connectivity index (χ4v) is 1.96. The molecule has 0 amide bonds. The number of unbranched alkanes of at least 4 members (excludes halogenated alkanes) is 1. The molecule has 0 N–H and O–H groups in total. The highest BCUT2D eigenvalue weighted by atomic mass is 79.9. The summed E-state index contributed by atoms with van der Waals surface area (Å²) in [7, 11) is 0. The molecule has 0 unspecified atom stereocenters. The van der Waals surface area contributed by atoms with Crippen molar-refractivity contribution in [1.82, 2.24) is 0 Å². The lowest BCUT2D eigenvalue weighted by atomic mass is 10.3. The van der Waals surface area contributed by atoms with E-state index in [4.69, 9.17) is 18.9 Å². The van der Waals surface area contributed by atoms with Crippen molar-refractivity contribution in [3.05, 3.63) is 28.7 Å². The van der Waals surface area contributed by atoms with E-state index < -0.39 is 0 Å². The maximum atomic E-state index is 5.59. The Labute approximate surface area is 135 Å². The normalized spacial score (nSPS) is 10.8. The van der Waals surface area contributed by atoms with E-state index >= 15 is 0 Å². The van der Waals surface area contributed by atoms with Gasteiger partial charge in [0.05, 0.1) is 37.5 Å². The molecule has 1 aromatic rings. The third-order valence-corrected chi connectivity index (χ3v) is 3.36. The second-order valence-electron chi connectivity index (χ2n) is 4.47. The number of halogens is 1. The van der Waals surface area contributed by atoms with Crippen molar-refractivity contribution in [2.45, 2.75) is 19.8 Å². The molecule has 21 heavy (non-hydrogen) atoms. The zero-order valence-electron chi connectivity index (χ0n) is 12.7. The highest BCUT2D eigenvalue weighted by Crippen LogP contribution is 2.23. The van der Waals surface area contributed by atoms with Gasteiger partial charge in [0.2, 0.25) is 0 Å². The first-order valence-electron chi connectivity index (χ1n) is 7.45. The standard InChI is InChI=1S/C16H25BrO4/c1-2-3-8-18-9-10-19-11-12-20-13-14-21-16-7-5-4-6-15(16)17/h4-7H,2-3,8-14H2,1H3. The van der Waals surface area contributed by atoms with E-state index in [2.05, 4.69) is 22.9 Å². The third kappa shape index (κ3) is 9.85. The first kappa shape index (κ1) is 18.4. The largest absolute Gasteiger partial charge is 0.490 e. The van der Waals surface area contributed by atoms with Crippen molar-refractivity contribution in [2.24, 2.45) is 0 Å². The van der Waals surface area contributed by atoms with Crippen molar-refractivity contribution in [3.8, 4) is 5.75 Å². The molecule has 4 nitrogen and oxygen atoms in total. The highest BCUT2D eigenvalue weighted by molar-refractivity contribution is 9.10. The summed E-state index contributed by atoms with van der Waals surface area (Å²) in [6.45, 7) is 6.51. The first-order chi connectivity index (χ1) is 10.3. The van der Waals surface area contributed by atoms with E-state index in [1.165, 1.54) is 0 Å². The molecule has 0 aliphatic rings. The molecule has 0 radical (unpaired) electrons. The molecule has 0 fully saturated rings. The molecule has 0 aliphatic carbocycles. The maximum absolute atomic E-state index is 5.59. The molecule has 0 heterocycles. The van der Waals surface area contributed by atoms with Gasteiger partial charge in [-0.2, -0.15) is 0 Å². The molecule has 0 saturated heterocycles. The summed E-state index contributed by atoms with van der Waals surface area (Å²) >= 11 is 3.43. The molecule has 0 bridgehead atoms. The van der Waals surface area contributed by atoms with Crippen LogP contribution in [0.3, 0.4) is 0 Å². The first-order valence-corrected chi connectivity index (χ1v) is 8.24. The molecule has 0 aliphatic heterocycles. The second-order valence-corrected chi connectivity index (χ2v) is 5.32. The average Bonchev–Trinajstić information content (AvgIpc) is 2.50. The number of hydrogen-bond donors (Lipinski definition) is 0. The van der Waals surface area contributed by atoms with Crippen LogP contribution >= 0.6 is 15.9 Å². The monoisotopic (exact) mass is 360 g/mol. The topological polar surface area (TPSA) is 36.9 Å². The molecule has 1 rings (SSSR count). The molecular formula is C16H25BrO4. The van der Waals surface area contributed by atoms with Crippen molar-refractivity contribution >= 4 is 15.9 Å². The van der Waals surface area contributed by atoms with Crippen LogP contribution in [0.15, 0.2) is 28.7 Å². The highest BCUT2D eigenvalue weighted by Gasteiger charge is 1.98. The summed E-state index contributed by atoms with van der Waals surface area (Å²) in [5.41, 5.74) is 0. The van der Waals surface area contributed by atoms with Crippen molar-refractivity contribution in [3.63, 3.8) is 0 Å². The molecule has 120 valence electrons. The van der Waals surface area contributed by atoms with Gasteiger partial charge in [-0.1, -0.05) is 25.5 Å². The predicted molar refractivity (Wildman–Crippen MR) is 87.0 cm³/mol. The number of para-hydroxylation sites is 1. The van der Waals surface area contributed by atoms with Crippen molar-refractivity contribution in [2.75, 3.05) is 46.2 Å². The van der Waals surface area contributed by atoms with Gasteiger partial charge in [-0.25, -0.2) is 0 Å². The summed E-state index contributed by atoms with van der Waals surface area (Å²) in [5, 5.41) is 0. The predicted octanol–water partition coefficient (Wildman–Crippen LogP) is 3.68. The Bertz CT molecular complexity index is 360. The minimum absolute atomic E-state index is 0.530. The van der Waals surface area contributed by atoms with Crippen LogP contribution in [0, 0.1) is 0 Å². The van der Waals surface area contributed by atoms with Crippen LogP contribution in [-0.4, -0.2) is 46.2 Å². The lowest BCUT2D eigenvalue weighted by molar-refractivity contribution is 0.00891. The fourth-order valence-electron chi connectivity index (χ4n) is 1.56. The van der Waals surface area contributed by atoms with Gasteiger partial charge in [0.1, 0.15) is 12.4 Å². The van der Waals surface area contributed by atoms with E-state index in [0.717, 1.165) is 29.7 Å². The number of hydrogen-bond acceptors (Lipinski definition) is 4. The van der Waals surface area contributed by atoms with Crippen molar-refractivity contribution < 1.29 is 18.9 Å². The minimum Gasteiger partial charge on any atom is -0.490 e. The van der Waals surface area contributed by atoms with Crippen LogP contribution in [0.25, 0.3) is 0 Å². The van der Waals surface area contributed by atoms with Crippen LogP contribution in [0.4, 0.5) is 0 Å². The number of benzene rings is 1. The van der Waals surface area contributed by atoms with E-state index in [1.54, 1.807) is 0 Å². The fraction of sp³-hybridized carbons (Fsp3) is 0.625. The Morgan fingerprint density at radius 3 is 2.00 bits per heavy atom. The van der Waals surface area contributed by atoms with Gasteiger partial charge >= 0.3 is 0 Å². The Hall–Kier alpha value is -0.620. The lowest BCUT2D eigenvalue weighted by Gasteiger charge is -2.09. The summed E-state index contributed by atoms with van der Waals surface area (Å²) in [5.74, 6) is 0.835. The molecule has 0 atom stereocenters. The molecule has 0 spiro atoms. The zero-order chi connectivity index (χ0) is 15.2. The van der Waals surface area contributed by atoms with Crippen LogP contribution < -0.4 is 4.74 Å². The molecular weight excluding hydrogens is 336 g/mol. The van der Waals surface area contributed by atoms with Crippen LogP contribution in [0.2, 0.25) is 0 Å². The zero-order valence-corrected chi connectivity index (χ0v) is 14.3. The molecule has 5 heteroatoms. The van der Waals surface area contributed by atoms with E-state index in [-0.39, 0.29) is 0 Å².